The van der Waals surface area contributed by atoms with Crippen molar-refractivity contribution in [2.24, 2.45) is 11.7 Å². The van der Waals surface area contributed by atoms with Gasteiger partial charge in [0.1, 0.15) is 0 Å². The number of nitrogens with one attached hydrogen (secondary N) is 1. The molecule has 0 saturated carbocycles. The van der Waals surface area contributed by atoms with E-state index >= 15 is 0 Å². The van der Waals surface area contributed by atoms with Crippen LogP contribution in [0.2, 0.25) is 0 Å². The van der Waals surface area contributed by atoms with Gasteiger partial charge in [0.25, 0.3) is 0 Å². The quantitative estimate of drug-likeness (QED) is 0.687. The Balaban J connectivity index is 2.54. The predicted octanol–water partition coefficient (Wildman–Crippen LogP) is 2.29. The molecular weight excluding hydrogens is 272 g/mol. The lowest BCUT2D eigenvalue weighted by Crippen LogP contribution is -2.25. The van der Waals surface area contributed by atoms with Crippen LogP contribution in [0.15, 0.2) is 29.2 Å². The number of benzene rings is 1. The van der Waals surface area contributed by atoms with Gasteiger partial charge in [-0.2, -0.15) is 0 Å². The SMILES string of the molecule is CC(C)CCCNS(=O)(=O)c1ccc(CCCN)cc1. The fourth-order valence-electron chi connectivity index (χ4n) is 1.94. The smallest absolute Gasteiger partial charge is 0.240 e. The van der Waals surface area contributed by atoms with Crippen molar-refractivity contribution in [1.29, 1.82) is 0 Å². The maximum atomic E-state index is 12.1. The molecule has 1 rings (SSSR count). The summed E-state index contributed by atoms with van der Waals surface area (Å²) >= 11 is 0. The first-order valence-corrected chi connectivity index (χ1v) is 8.72. The largest absolute Gasteiger partial charge is 0.330 e. The Kier molecular flexibility index (Phi) is 7.19. The molecule has 114 valence electrons. The van der Waals surface area contributed by atoms with Gasteiger partial charge in [0.05, 0.1) is 4.90 Å². The van der Waals surface area contributed by atoms with E-state index in [2.05, 4.69) is 18.6 Å². The number of rotatable bonds is 9. The minimum Gasteiger partial charge on any atom is -0.330 e. The first-order valence-electron chi connectivity index (χ1n) is 7.24. The van der Waals surface area contributed by atoms with Crippen LogP contribution in [0.25, 0.3) is 0 Å². The maximum Gasteiger partial charge on any atom is 0.240 e. The Bertz CT molecular complexity index is 481. The zero-order chi connectivity index (χ0) is 15.0. The molecule has 20 heavy (non-hydrogen) atoms. The van der Waals surface area contributed by atoms with Crippen LogP contribution in [-0.2, 0) is 16.4 Å². The van der Waals surface area contributed by atoms with E-state index < -0.39 is 10.0 Å². The van der Waals surface area contributed by atoms with Crippen molar-refractivity contribution in [3.8, 4) is 0 Å². The third-order valence-electron chi connectivity index (χ3n) is 3.15. The van der Waals surface area contributed by atoms with Gasteiger partial charge in [-0.05, 0) is 55.8 Å². The third kappa shape index (κ3) is 6.03. The number of aryl methyl sites for hydroxylation is 1. The molecule has 0 bridgehead atoms. The van der Waals surface area contributed by atoms with Crippen molar-refractivity contribution in [2.45, 2.75) is 44.4 Å². The van der Waals surface area contributed by atoms with Crippen LogP contribution in [0.5, 0.6) is 0 Å². The average molecular weight is 298 g/mol. The normalized spacial score (nSPS) is 12.0. The molecule has 0 aliphatic heterocycles. The van der Waals surface area contributed by atoms with Crippen LogP contribution < -0.4 is 10.5 Å². The van der Waals surface area contributed by atoms with Crippen molar-refractivity contribution in [1.82, 2.24) is 4.72 Å². The number of hydrogen-bond acceptors (Lipinski definition) is 3. The second-order valence-electron chi connectivity index (χ2n) is 5.47. The van der Waals surface area contributed by atoms with E-state index in [1.807, 2.05) is 12.1 Å². The summed E-state index contributed by atoms with van der Waals surface area (Å²) in [7, 11) is -3.37. The lowest BCUT2D eigenvalue weighted by molar-refractivity contribution is 0.540. The summed E-state index contributed by atoms with van der Waals surface area (Å²) in [4.78, 5) is 0.332. The second-order valence-corrected chi connectivity index (χ2v) is 7.24. The topological polar surface area (TPSA) is 72.2 Å². The van der Waals surface area contributed by atoms with E-state index in [0.717, 1.165) is 31.2 Å². The molecule has 0 atom stereocenters. The Morgan fingerprint density at radius 2 is 1.80 bits per heavy atom. The molecule has 0 heterocycles. The van der Waals surface area contributed by atoms with E-state index in [9.17, 15) is 8.42 Å². The third-order valence-corrected chi connectivity index (χ3v) is 4.63. The summed E-state index contributed by atoms with van der Waals surface area (Å²) in [6.45, 7) is 5.41. The first-order chi connectivity index (χ1) is 9.45. The highest BCUT2D eigenvalue weighted by Gasteiger charge is 2.12. The van der Waals surface area contributed by atoms with Gasteiger partial charge in [-0.3, -0.25) is 0 Å². The van der Waals surface area contributed by atoms with Gasteiger partial charge in [-0.1, -0.05) is 26.0 Å². The summed E-state index contributed by atoms with van der Waals surface area (Å²) in [5.74, 6) is 0.598. The Labute approximate surface area is 122 Å². The minimum absolute atomic E-state index is 0.332. The summed E-state index contributed by atoms with van der Waals surface area (Å²) < 4.78 is 26.8. The van der Waals surface area contributed by atoms with Gasteiger partial charge in [-0.25, -0.2) is 13.1 Å². The summed E-state index contributed by atoms with van der Waals surface area (Å²) in [6.07, 6.45) is 3.70. The zero-order valence-electron chi connectivity index (χ0n) is 12.4. The molecule has 0 spiro atoms. The Hall–Kier alpha value is -0.910. The zero-order valence-corrected chi connectivity index (χ0v) is 13.2. The van der Waals surface area contributed by atoms with Crippen LogP contribution in [-0.4, -0.2) is 21.5 Å². The molecule has 0 fully saturated rings. The molecule has 0 aliphatic carbocycles. The molecule has 1 aromatic carbocycles. The highest BCUT2D eigenvalue weighted by atomic mass is 32.2. The molecule has 0 saturated heterocycles. The lowest BCUT2D eigenvalue weighted by atomic mass is 10.1. The van der Waals surface area contributed by atoms with Gasteiger partial charge in [0, 0.05) is 6.54 Å². The predicted molar refractivity (Wildman–Crippen MR) is 83.1 cm³/mol. The molecular formula is C15H26N2O2S. The molecule has 0 radical (unpaired) electrons. The molecule has 3 N–H and O–H groups in total. The fourth-order valence-corrected chi connectivity index (χ4v) is 3.02. The highest BCUT2D eigenvalue weighted by molar-refractivity contribution is 7.89. The van der Waals surface area contributed by atoms with E-state index in [1.165, 1.54) is 0 Å². The molecule has 0 amide bonds. The van der Waals surface area contributed by atoms with Crippen LogP contribution in [0.1, 0.15) is 38.7 Å². The van der Waals surface area contributed by atoms with E-state index in [1.54, 1.807) is 12.1 Å². The van der Waals surface area contributed by atoms with Crippen molar-refractivity contribution < 1.29 is 8.42 Å². The van der Waals surface area contributed by atoms with E-state index in [0.29, 0.717) is 23.9 Å². The van der Waals surface area contributed by atoms with Crippen LogP contribution in [0.4, 0.5) is 0 Å². The number of sulfonamides is 1. The Morgan fingerprint density at radius 3 is 2.35 bits per heavy atom. The van der Waals surface area contributed by atoms with Crippen molar-refractivity contribution in [3.05, 3.63) is 29.8 Å². The maximum absolute atomic E-state index is 12.1. The van der Waals surface area contributed by atoms with Crippen LogP contribution in [0.3, 0.4) is 0 Å². The van der Waals surface area contributed by atoms with E-state index in [-0.39, 0.29) is 0 Å². The lowest BCUT2D eigenvalue weighted by Gasteiger charge is -2.08. The molecule has 0 unspecified atom stereocenters. The summed E-state index contributed by atoms with van der Waals surface area (Å²) in [5, 5.41) is 0. The molecule has 5 heteroatoms. The van der Waals surface area contributed by atoms with Gasteiger partial charge >= 0.3 is 0 Å². The van der Waals surface area contributed by atoms with Gasteiger partial charge in [-0.15, -0.1) is 0 Å². The summed E-state index contributed by atoms with van der Waals surface area (Å²) in [6, 6.07) is 7.05. The van der Waals surface area contributed by atoms with Gasteiger partial charge in [0.2, 0.25) is 10.0 Å². The second kappa shape index (κ2) is 8.39. The minimum atomic E-state index is -3.37. The molecule has 0 aliphatic rings. The fraction of sp³-hybridized carbons (Fsp3) is 0.600. The van der Waals surface area contributed by atoms with E-state index in [4.69, 9.17) is 5.73 Å². The van der Waals surface area contributed by atoms with Crippen LogP contribution >= 0.6 is 0 Å². The monoisotopic (exact) mass is 298 g/mol. The van der Waals surface area contributed by atoms with Crippen molar-refractivity contribution >= 4 is 10.0 Å². The number of nitrogens with two attached hydrogens (primary N) is 1. The van der Waals surface area contributed by atoms with Crippen LogP contribution in [0, 0.1) is 5.92 Å². The summed E-state index contributed by atoms with van der Waals surface area (Å²) in [5.41, 5.74) is 6.58. The van der Waals surface area contributed by atoms with Gasteiger partial charge in [0.15, 0.2) is 0 Å². The Morgan fingerprint density at radius 1 is 1.15 bits per heavy atom. The first kappa shape index (κ1) is 17.1. The highest BCUT2D eigenvalue weighted by Crippen LogP contribution is 2.12. The average Bonchev–Trinajstić information content (AvgIpc) is 2.42. The van der Waals surface area contributed by atoms with Gasteiger partial charge < -0.3 is 5.73 Å². The molecule has 0 aromatic heterocycles. The molecule has 4 nitrogen and oxygen atoms in total. The van der Waals surface area contributed by atoms with Crippen molar-refractivity contribution in [2.75, 3.05) is 13.1 Å². The van der Waals surface area contributed by atoms with Crippen molar-refractivity contribution in [3.63, 3.8) is 0 Å². The molecule has 1 aromatic rings. The standard InChI is InChI=1S/C15H26N2O2S/c1-13(2)5-4-12-17-20(18,19)15-9-7-14(8-10-15)6-3-11-16/h7-10,13,17H,3-6,11-12,16H2,1-2H3. The number of hydrogen-bond donors (Lipinski definition) is 2.